The summed E-state index contributed by atoms with van der Waals surface area (Å²) in [5, 5.41) is 2.76. The Bertz CT molecular complexity index is 972. The van der Waals surface area contributed by atoms with Crippen LogP contribution in [0.4, 0.5) is 0 Å². The van der Waals surface area contributed by atoms with Crippen molar-refractivity contribution in [3.05, 3.63) is 52.1 Å². The highest BCUT2D eigenvalue weighted by Crippen LogP contribution is 2.29. The topological polar surface area (TPSA) is 58.2 Å². The highest BCUT2D eigenvalue weighted by molar-refractivity contribution is 6.06. The molecular weight excluding hydrogens is 314 g/mol. The van der Waals surface area contributed by atoms with Gasteiger partial charge < -0.3 is 9.72 Å². The number of nitrogens with one attached hydrogen (secondary N) is 1. The number of benzene rings is 1. The number of aromatic amines is 1. The molecule has 25 heavy (non-hydrogen) atoms. The third kappa shape index (κ3) is 3.05. The highest BCUT2D eigenvalue weighted by atomic mass is 16.5. The number of aromatic nitrogens is 2. The van der Waals surface area contributed by atoms with Crippen molar-refractivity contribution in [1.29, 1.82) is 0 Å². The summed E-state index contributed by atoms with van der Waals surface area (Å²) in [6.45, 7) is 8.64. The molecule has 130 valence electrons. The van der Waals surface area contributed by atoms with E-state index in [9.17, 15) is 4.79 Å². The molecular formula is C20H23N3O2. The van der Waals surface area contributed by atoms with Crippen LogP contribution < -0.4 is 5.56 Å². The smallest absolute Gasteiger partial charge is 0.258 e. The molecule has 1 N–H and O–H groups in total. The maximum Gasteiger partial charge on any atom is 0.258 e. The normalized spacial score (nSPS) is 16.1. The lowest BCUT2D eigenvalue weighted by Crippen LogP contribution is -2.35. The maximum absolute atomic E-state index is 12.5. The van der Waals surface area contributed by atoms with Crippen LogP contribution in [0.15, 0.2) is 35.3 Å². The van der Waals surface area contributed by atoms with Gasteiger partial charge in [0.05, 0.1) is 29.8 Å². The van der Waals surface area contributed by atoms with Crippen LogP contribution in [0.2, 0.25) is 0 Å². The molecule has 1 saturated heterocycles. The van der Waals surface area contributed by atoms with E-state index in [1.54, 1.807) is 6.20 Å². The number of nitrogens with zero attached hydrogens (tertiary/aromatic N) is 2. The van der Waals surface area contributed by atoms with Gasteiger partial charge in [-0.05, 0) is 29.0 Å². The molecule has 2 aromatic heterocycles. The Morgan fingerprint density at radius 2 is 2.00 bits per heavy atom. The van der Waals surface area contributed by atoms with Gasteiger partial charge in [0.25, 0.3) is 5.56 Å². The van der Waals surface area contributed by atoms with Crippen LogP contribution in [0, 0.1) is 0 Å². The van der Waals surface area contributed by atoms with Gasteiger partial charge in [-0.25, -0.2) is 0 Å². The average Bonchev–Trinajstić information content (AvgIpc) is 2.61. The van der Waals surface area contributed by atoms with E-state index in [1.165, 1.54) is 5.56 Å². The molecule has 0 unspecified atom stereocenters. The molecule has 0 saturated carbocycles. The standard InChI is InChI=1S/C20H23N3O2/c1-13(2)19-15-4-3-14(12-23-7-9-25-10-8-23)11-16(15)18-17(22-19)5-6-21-20(18)24/h3-6,11,13H,7-10,12H2,1-2H3,(H,21,24). The number of H-pyrrole nitrogens is 1. The first-order chi connectivity index (χ1) is 12.1. The van der Waals surface area contributed by atoms with Crippen LogP contribution in [-0.2, 0) is 11.3 Å². The Balaban J connectivity index is 1.89. The van der Waals surface area contributed by atoms with E-state index < -0.39 is 0 Å². The molecule has 0 amide bonds. The van der Waals surface area contributed by atoms with Gasteiger partial charge in [-0.1, -0.05) is 26.0 Å². The fourth-order valence-electron chi connectivity index (χ4n) is 3.59. The quantitative estimate of drug-likeness (QED) is 0.747. The van der Waals surface area contributed by atoms with Crippen LogP contribution in [0.1, 0.15) is 31.0 Å². The van der Waals surface area contributed by atoms with E-state index in [0.29, 0.717) is 11.3 Å². The number of ether oxygens (including phenoxy) is 1. The molecule has 4 rings (SSSR count). The Morgan fingerprint density at radius 1 is 1.20 bits per heavy atom. The summed E-state index contributed by atoms with van der Waals surface area (Å²) in [5.74, 6) is 0.302. The molecule has 0 radical (unpaired) electrons. The summed E-state index contributed by atoms with van der Waals surface area (Å²) in [7, 11) is 0. The molecule has 0 spiro atoms. The molecule has 3 heterocycles. The number of rotatable bonds is 3. The molecule has 0 atom stereocenters. The average molecular weight is 337 g/mol. The fourth-order valence-corrected chi connectivity index (χ4v) is 3.59. The second kappa shape index (κ2) is 6.58. The van der Waals surface area contributed by atoms with E-state index in [-0.39, 0.29) is 5.56 Å². The van der Waals surface area contributed by atoms with Crippen molar-refractivity contribution in [1.82, 2.24) is 14.9 Å². The molecule has 1 aromatic carbocycles. The minimum Gasteiger partial charge on any atom is -0.379 e. The van der Waals surface area contributed by atoms with Crippen molar-refractivity contribution in [3.8, 4) is 0 Å². The second-order valence-electron chi connectivity index (χ2n) is 6.99. The SMILES string of the molecule is CC(C)c1nc2cc[nH]c(=O)c2c2cc(CN3CCOCC3)ccc12. The first-order valence-corrected chi connectivity index (χ1v) is 8.87. The Hall–Kier alpha value is -2.24. The van der Waals surface area contributed by atoms with Crippen molar-refractivity contribution in [2.45, 2.75) is 26.3 Å². The summed E-state index contributed by atoms with van der Waals surface area (Å²) >= 11 is 0. The van der Waals surface area contributed by atoms with Gasteiger partial charge in [0.1, 0.15) is 0 Å². The van der Waals surface area contributed by atoms with E-state index in [2.05, 4.69) is 41.9 Å². The predicted octanol–water partition coefficient (Wildman–Crippen LogP) is 3.03. The molecule has 1 aliphatic rings. The van der Waals surface area contributed by atoms with Crippen molar-refractivity contribution >= 4 is 21.7 Å². The van der Waals surface area contributed by atoms with Crippen LogP contribution >= 0.6 is 0 Å². The van der Waals surface area contributed by atoms with E-state index in [0.717, 1.165) is 54.8 Å². The first-order valence-electron chi connectivity index (χ1n) is 8.87. The predicted molar refractivity (Wildman–Crippen MR) is 100 cm³/mol. The van der Waals surface area contributed by atoms with Gasteiger partial charge in [-0.15, -0.1) is 0 Å². The first kappa shape index (κ1) is 16.2. The Morgan fingerprint density at radius 3 is 2.76 bits per heavy atom. The highest BCUT2D eigenvalue weighted by Gasteiger charge is 2.15. The Kier molecular flexibility index (Phi) is 4.27. The second-order valence-corrected chi connectivity index (χ2v) is 6.99. The maximum atomic E-state index is 12.5. The lowest BCUT2D eigenvalue weighted by Gasteiger charge is -2.26. The van der Waals surface area contributed by atoms with Crippen LogP contribution in [-0.4, -0.2) is 41.2 Å². The van der Waals surface area contributed by atoms with Crippen LogP contribution in [0.25, 0.3) is 21.7 Å². The zero-order valence-electron chi connectivity index (χ0n) is 14.7. The fraction of sp³-hybridized carbons (Fsp3) is 0.400. The number of hydrogen-bond acceptors (Lipinski definition) is 4. The summed E-state index contributed by atoms with van der Waals surface area (Å²) in [4.78, 5) is 22.4. The minimum absolute atomic E-state index is 0.0752. The van der Waals surface area contributed by atoms with Crippen molar-refractivity contribution in [2.75, 3.05) is 26.3 Å². The van der Waals surface area contributed by atoms with E-state index >= 15 is 0 Å². The number of fused-ring (bicyclic) bond motifs is 3. The minimum atomic E-state index is -0.0752. The zero-order chi connectivity index (χ0) is 17.4. The molecule has 0 bridgehead atoms. The van der Waals surface area contributed by atoms with Crippen LogP contribution in [0.3, 0.4) is 0 Å². The molecule has 1 aliphatic heterocycles. The molecule has 3 aromatic rings. The number of morpholine rings is 1. The van der Waals surface area contributed by atoms with E-state index in [4.69, 9.17) is 9.72 Å². The van der Waals surface area contributed by atoms with Crippen molar-refractivity contribution in [2.24, 2.45) is 0 Å². The lowest BCUT2D eigenvalue weighted by atomic mass is 9.97. The summed E-state index contributed by atoms with van der Waals surface area (Å²) in [6.07, 6.45) is 1.67. The molecule has 0 aliphatic carbocycles. The molecule has 1 fully saturated rings. The van der Waals surface area contributed by atoms with Crippen molar-refractivity contribution in [3.63, 3.8) is 0 Å². The molecule has 5 nitrogen and oxygen atoms in total. The van der Waals surface area contributed by atoms with Gasteiger partial charge in [0.15, 0.2) is 0 Å². The van der Waals surface area contributed by atoms with E-state index in [1.807, 2.05) is 6.07 Å². The number of pyridine rings is 2. The number of hydrogen-bond donors (Lipinski definition) is 1. The monoisotopic (exact) mass is 337 g/mol. The molecule has 5 heteroatoms. The lowest BCUT2D eigenvalue weighted by molar-refractivity contribution is 0.0342. The summed E-state index contributed by atoms with van der Waals surface area (Å²) < 4.78 is 5.43. The summed E-state index contributed by atoms with van der Waals surface area (Å²) in [5.41, 5.74) is 2.96. The zero-order valence-corrected chi connectivity index (χ0v) is 14.7. The third-order valence-corrected chi connectivity index (χ3v) is 4.87. The van der Waals surface area contributed by atoms with Crippen molar-refractivity contribution < 1.29 is 4.74 Å². The van der Waals surface area contributed by atoms with Gasteiger partial charge in [-0.2, -0.15) is 0 Å². The van der Waals surface area contributed by atoms with Gasteiger partial charge in [0, 0.05) is 31.2 Å². The van der Waals surface area contributed by atoms with Gasteiger partial charge >= 0.3 is 0 Å². The Labute approximate surface area is 146 Å². The van der Waals surface area contributed by atoms with Gasteiger partial charge in [-0.3, -0.25) is 14.7 Å². The van der Waals surface area contributed by atoms with Gasteiger partial charge in [0.2, 0.25) is 0 Å². The summed E-state index contributed by atoms with van der Waals surface area (Å²) in [6, 6.07) is 8.33. The third-order valence-electron chi connectivity index (χ3n) is 4.87. The van der Waals surface area contributed by atoms with Crippen LogP contribution in [0.5, 0.6) is 0 Å². The largest absolute Gasteiger partial charge is 0.379 e.